The number of nitrogens with zero attached hydrogens (tertiary/aromatic N) is 1. The van der Waals surface area contributed by atoms with Crippen molar-refractivity contribution in [3.63, 3.8) is 0 Å². The van der Waals surface area contributed by atoms with Crippen LogP contribution in [0.25, 0.3) is 0 Å². The molecule has 0 unspecified atom stereocenters. The molecule has 1 aromatic rings. The first kappa shape index (κ1) is 18.8. The summed E-state index contributed by atoms with van der Waals surface area (Å²) >= 11 is 0. The molecule has 1 aromatic carbocycles. The molecule has 1 fully saturated rings. The molecule has 1 heterocycles. The fourth-order valence-electron chi connectivity index (χ4n) is 2.56. The summed E-state index contributed by atoms with van der Waals surface area (Å²) in [5.41, 5.74) is 0.0950. The molecular weight excluding hydrogens is 324 g/mol. The van der Waals surface area contributed by atoms with Gasteiger partial charge in [0.05, 0.1) is 6.54 Å². The lowest BCUT2D eigenvalue weighted by atomic mass is 10.0. The van der Waals surface area contributed by atoms with E-state index in [0.29, 0.717) is 13.0 Å². The Morgan fingerprint density at radius 2 is 1.92 bits per heavy atom. The van der Waals surface area contributed by atoms with E-state index in [2.05, 4.69) is 5.32 Å². The second-order valence-electron chi connectivity index (χ2n) is 7.12. The SMILES string of the molecule is CC(C)(C)OC(=O)N[C@@H](Cc1ccc(O)cc1)C(=O)N1CCC(=O)C1. The van der Waals surface area contributed by atoms with Crippen molar-refractivity contribution in [2.45, 2.75) is 45.3 Å². The highest BCUT2D eigenvalue weighted by molar-refractivity contribution is 5.92. The molecule has 7 heteroatoms. The maximum absolute atomic E-state index is 12.7. The molecule has 0 saturated carbocycles. The number of rotatable bonds is 4. The van der Waals surface area contributed by atoms with Crippen molar-refractivity contribution < 1.29 is 24.2 Å². The third-order valence-electron chi connectivity index (χ3n) is 3.70. The van der Waals surface area contributed by atoms with Gasteiger partial charge in [0, 0.05) is 19.4 Å². The number of ketones is 1. The number of ether oxygens (including phenoxy) is 1. The number of likely N-dealkylation sites (tertiary alicyclic amines) is 1. The molecule has 1 atom stereocenters. The van der Waals surface area contributed by atoms with Crippen LogP contribution in [0.5, 0.6) is 5.75 Å². The molecule has 7 nitrogen and oxygen atoms in total. The standard InChI is InChI=1S/C18H24N2O5/c1-18(2,3)25-17(24)19-15(10-12-4-6-13(21)7-5-12)16(23)20-9-8-14(22)11-20/h4-7,15,21H,8-11H2,1-3H3,(H,19,24)/t15-/m0/s1. The minimum absolute atomic E-state index is 0.00833. The van der Waals surface area contributed by atoms with Crippen molar-refractivity contribution in [3.05, 3.63) is 29.8 Å². The number of benzene rings is 1. The average molecular weight is 348 g/mol. The van der Waals surface area contributed by atoms with Crippen LogP contribution in [0.1, 0.15) is 32.8 Å². The van der Waals surface area contributed by atoms with Crippen LogP contribution in [0.2, 0.25) is 0 Å². The van der Waals surface area contributed by atoms with Crippen LogP contribution in [-0.4, -0.2) is 52.5 Å². The van der Waals surface area contributed by atoms with Gasteiger partial charge in [0.15, 0.2) is 5.78 Å². The zero-order valence-corrected chi connectivity index (χ0v) is 14.7. The van der Waals surface area contributed by atoms with E-state index in [9.17, 15) is 19.5 Å². The van der Waals surface area contributed by atoms with Crippen molar-refractivity contribution in [3.8, 4) is 5.75 Å². The third kappa shape index (κ3) is 5.77. The number of hydrogen-bond donors (Lipinski definition) is 2. The average Bonchev–Trinajstić information content (AvgIpc) is 2.92. The normalized spacial score (nSPS) is 15.8. The van der Waals surface area contributed by atoms with E-state index < -0.39 is 17.7 Å². The Kier molecular flexibility index (Phi) is 5.66. The third-order valence-corrected chi connectivity index (χ3v) is 3.70. The Labute approximate surface area is 147 Å². The van der Waals surface area contributed by atoms with E-state index in [4.69, 9.17) is 4.74 Å². The minimum atomic E-state index is -0.842. The summed E-state index contributed by atoms with van der Waals surface area (Å²) < 4.78 is 5.23. The van der Waals surface area contributed by atoms with Gasteiger partial charge >= 0.3 is 6.09 Å². The summed E-state index contributed by atoms with van der Waals surface area (Å²) in [6.07, 6.45) is -0.109. The summed E-state index contributed by atoms with van der Waals surface area (Å²) in [5, 5.41) is 12.0. The summed E-state index contributed by atoms with van der Waals surface area (Å²) in [5.74, 6) is -0.185. The van der Waals surface area contributed by atoms with E-state index in [1.807, 2.05) is 0 Å². The second-order valence-corrected chi connectivity index (χ2v) is 7.12. The van der Waals surface area contributed by atoms with Gasteiger partial charge in [-0.3, -0.25) is 9.59 Å². The van der Waals surface area contributed by atoms with Gasteiger partial charge in [-0.2, -0.15) is 0 Å². The fraction of sp³-hybridized carbons (Fsp3) is 0.500. The molecule has 0 bridgehead atoms. The molecule has 2 N–H and O–H groups in total. The number of carbonyl (C=O) groups is 3. The summed E-state index contributed by atoms with van der Waals surface area (Å²) in [4.78, 5) is 37.7. The smallest absolute Gasteiger partial charge is 0.408 e. The monoisotopic (exact) mass is 348 g/mol. The first-order chi connectivity index (χ1) is 11.6. The van der Waals surface area contributed by atoms with Gasteiger partial charge in [0.2, 0.25) is 5.91 Å². The summed E-state index contributed by atoms with van der Waals surface area (Å²) in [6.45, 7) is 5.65. The maximum Gasteiger partial charge on any atom is 0.408 e. The van der Waals surface area contributed by atoms with E-state index in [0.717, 1.165) is 5.56 Å². The van der Waals surface area contributed by atoms with Gasteiger partial charge in [-0.1, -0.05) is 12.1 Å². The van der Waals surface area contributed by atoms with Crippen molar-refractivity contribution in [1.29, 1.82) is 0 Å². The number of Topliss-reactive ketones (excluding diaryl/α,β-unsaturated/α-hetero) is 1. The van der Waals surface area contributed by atoms with Crippen molar-refractivity contribution in [2.24, 2.45) is 0 Å². The van der Waals surface area contributed by atoms with Crippen LogP contribution in [0, 0.1) is 0 Å². The van der Waals surface area contributed by atoms with E-state index in [1.54, 1.807) is 32.9 Å². The number of aromatic hydroxyl groups is 1. The van der Waals surface area contributed by atoms with Gasteiger partial charge < -0.3 is 20.1 Å². The lowest BCUT2D eigenvalue weighted by molar-refractivity contribution is -0.133. The first-order valence-corrected chi connectivity index (χ1v) is 8.22. The predicted octanol–water partition coefficient (Wildman–Crippen LogP) is 1.63. The molecule has 1 saturated heterocycles. The van der Waals surface area contributed by atoms with E-state index >= 15 is 0 Å². The van der Waals surface area contributed by atoms with E-state index in [-0.39, 0.29) is 30.4 Å². The second kappa shape index (κ2) is 7.55. The highest BCUT2D eigenvalue weighted by atomic mass is 16.6. The Morgan fingerprint density at radius 3 is 2.44 bits per heavy atom. The summed E-state index contributed by atoms with van der Waals surface area (Å²) in [6, 6.07) is 5.56. The number of carbonyl (C=O) groups excluding carboxylic acids is 3. The lowest BCUT2D eigenvalue weighted by Gasteiger charge is -2.26. The Balaban J connectivity index is 2.12. The van der Waals surface area contributed by atoms with Crippen molar-refractivity contribution in [1.82, 2.24) is 10.2 Å². The van der Waals surface area contributed by atoms with Crippen LogP contribution < -0.4 is 5.32 Å². The molecule has 2 rings (SSSR count). The molecular formula is C18H24N2O5. The predicted molar refractivity (Wildman–Crippen MR) is 91.2 cm³/mol. The number of nitrogens with one attached hydrogen (secondary N) is 1. The molecule has 0 radical (unpaired) electrons. The molecule has 1 aliphatic rings. The van der Waals surface area contributed by atoms with Gasteiger partial charge in [0.1, 0.15) is 17.4 Å². The Bertz CT molecular complexity index is 648. The van der Waals surface area contributed by atoms with Gasteiger partial charge in [-0.15, -0.1) is 0 Å². The molecule has 0 spiro atoms. The number of amides is 2. The number of alkyl carbamates (subject to hydrolysis) is 1. The minimum Gasteiger partial charge on any atom is -0.508 e. The maximum atomic E-state index is 12.7. The number of phenolic OH excluding ortho intramolecular Hbond substituents is 1. The largest absolute Gasteiger partial charge is 0.508 e. The summed E-state index contributed by atoms with van der Waals surface area (Å²) in [7, 11) is 0. The Hall–Kier alpha value is -2.57. The van der Waals surface area contributed by atoms with Crippen LogP contribution in [0.15, 0.2) is 24.3 Å². The van der Waals surface area contributed by atoms with Gasteiger partial charge in [0.25, 0.3) is 0 Å². The molecule has 1 aliphatic heterocycles. The molecule has 25 heavy (non-hydrogen) atoms. The van der Waals surface area contributed by atoms with E-state index in [1.165, 1.54) is 17.0 Å². The highest BCUT2D eigenvalue weighted by Gasteiger charge is 2.32. The van der Waals surface area contributed by atoms with Crippen molar-refractivity contribution in [2.75, 3.05) is 13.1 Å². The first-order valence-electron chi connectivity index (χ1n) is 8.22. The zero-order chi connectivity index (χ0) is 18.6. The topological polar surface area (TPSA) is 95.9 Å². The molecule has 136 valence electrons. The zero-order valence-electron chi connectivity index (χ0n) is 14.7. The Morgan fingerprint density at radius 1 is 1.28 bits per heavy atom. The lowest BCUT2D eigenvalue weighted by Crippen LogP contribution is -2.50. The van der Waals surface area contributed by atoms with Crippen LogP contribution in [0.3, 0.4) is 0 Å². The number of phenols is 1. The molecule has 0 aliphatic carbocycles. The van der Waals surface area contributed by atoms with Gasteiger partial charge in [-0.25, -0.2) is 4.79 Å². The van der Waals surface area contributed by atoms with Crippen molar-refractivity contribution >= 4 is 17.8 Å². The van der Waals surface area contributed by atoms with Crippen LogP contribution >= 0.6 is 0 Å². The molecule has 0 aromatic heterocycles. The highest BCUT2D eigenvalue weighted by Crippen LogP contribution is 2.15. The number of hydrogen-bond acceptors (Lipinski definition) is 5. The van der Waals surface area contributed by atoms with Gasteiger partial charge in [-0.05, 0) is 38.5 Å². The van der Waals surface area contributed by atoms with Crippen LogP contribution in [-0.2, 0) is 20.7 Å². The van der Waals surface area contributed by atoms with Crippen LogP contribution in [0.4, 0.5) is 4.79 Å². The quantitative estimate of drug-likeness (QED) is 0.862. The molecule has 2 amide bonds. The fourth-order valence-corrected chi connectivity index (χ4v) is 2.56.